The SMILES string of the molecule is COc1cccc(N2CC(=O)OC(=O)C2)c1. The molecule has 1 heterocycles. The lowest BCUT2D eigenvalue weighted by Gasteiger charge is -2.26. The second-order valence-electron chi connectivity index (χ2n) is 3.40. The summed E-state index contributed by atoms with van der Waals surface area (Å²) < 4.78 is 9.52. The molecule has 0 aliphatic carbocycles. The van der Waals surface area contributed by atoms with Crippen molar-refractivity contribution in [2.24, 2.45) is 0 Å². The van der Waals surface area contributed by atoms with Crippen LogP contribution in [0, 0.1) is 0 Å². The Morgan fingerprint density at radius 3 is 2.56 bits per heavy atom. The third kappa shape index (κ3) is 2.13. The zero-order valence-electron chi connectivity index (χ0n) is 8.80. The Morgan fingerprint density at radius 1 is 1.25 bits per heavy atom. The molecule has 0 radical (unpaired) electrons. The first-order chi connectivity index (χ1) is 7.69. The molecule has 0 N–H and O–H groups in total. The standard InChI is InChI=1S/C11H11NO4/c1-15-9-4-2-3-8(5-9)12-6-10(13)16-11(14)7-12/h2-5H,6-7H2,1H3. The monoisotopic (exact) mass is 221 g/mol. The smallest absolute Gasteiger partial charge is 0.333 e. The fourth-order valence-corrected chi connectivity index (χ4v) is 1.55. The number of cyclic esters (lactones) is 2. The highest BCUT2D eigenvalue weighted by Gasteiger charge is 2.24. The van der Waals surface area contributed by atoms with E-state index >= 15 is 0 Å². The summed E-state index contributed by atoms with van der Waals surface area (Å²) in [5.74, 6) is -0.373. The predicted molar refractivity (Wildman–Crippen MR) is 56.3 cm³/mol. The van der Waals surface area contributed by atoms with Crippen LogP contribution in [0.3, 0.4) is 0 Å². The van der Waals surface area contributed by atoms with Gasteiger partial charge in [0, 0.05) is 11.8 Å². The lowest BCUT2D eigenvalue weighted by molar-refractivity contribution is -0.160. The number of anilines is 1. The molecule has 0 spiro atoms. The normalized spacial score (nSPS) is 15.9. The Hall–Kier alpha value is -2.04. The van der Waals surface area contributed by atoms with Crippen LogP contribution in [0.5, 0.6) is 5.75 Å². The largest absolute Gasteiger partial charge is 0.497 e. The van der Waals surface area contributed by atoms with Gasteiger partial charge in [0.25, 0.3) is 0 Å². The molecular formula is C11H11NO4. The van der Waals surface area contributed by atoms with Crippen LogP contribution in [0.2, 0.25) is 0 Å². The minimum absolute atomic E-state index is 0.0822. The third-order valence-corrected chi connectivity index (χ3v) is 2.29. The maximum Gasteiger partial charge on any atom is 0.333 e. The molecule has 0 atom stereocenters. The van der Waals surface area contributed by atoms with Crippen molar-refractivity contribution in [3.8, 4) is 5.75 Å². The molecule has 1 aromatic carbocycles. The van der Waals surface area contributed by atoms with E-state index in [4.69, 9.17) is 4.74 Å². The number of morpholine rings is 1. The topological polar surface area (TPSA) is 55.8 Å². The van der Waals surface area contributed by atoms with Crippen molar-refractivity contribution < 1.29 is 19.1 Å². The van der Waals surface area contributed by atoms with E-state index in [9.17, 15) is 9.59 Å². The minimum Gasteiger partial charge on any atom is -0.497 e. The van der Waals surface area contributed by atoms with E-state index in [0.717, 1.165) is 5.69 Å². The number of rotatable bonds is 2. The summed E-state index contributed by atoms with van der Waals surface area (Å²) in [6.45, 7) is 0.164. The molecule has 1 saturated heterocycles. The molecule has 1 aliphatic rings. The lowest BCUT2D eigenvalue weighted by Crippen LogP contribution is -2.42. The van der Waals surface area contributed by atoms with Crippen LogP contribution in [-0.4, -0.2) is 32.1 Å². The van der Waals surface area contributed by atoms with Crippen molar-refractivity contribution in [1.29, 1.82) is 0 Å². The van der Waals surface area contributed by atoms with Gasteiger partial charge >= 0.3 is 11.9 Å². The second kappa shape index (κ2) is 4.22. The van der Waals surface area contributed by atoms with Crippen LogP contribution in [-0.2, 0) is 14.3 Å². The molecule has 1 aliphatic heterocycles. The van der Waals surface area contributed by atoms with E-state index in [1.807, 2.05) is 6.07 Å². The molecule has 5 nitrogen and oxygen atoms in total. The van der Waals surface area contributed by atoms with E-state index in [1.165, 1.54) is 0 Å². The maximum absolute atomic E-state index is 11.1. The number of esters is 2. The zero-order chi connectivity index (χ0) is 11.5. The summed E-state index contributed by atoms with van der Waals surface area (Å²) >= 11 is 0. The van der Waals surface area contributed by atoms with Crippen LogP contribution in [0.4, 0.5) is 5.69 Å². The minimum atomic E-state index is -0.529. The van der Waals surface area contributed by atoms with Gasteiger partial charge in [-0.2, -0.15) is 0 Å². The summed E-state index contributed by atoms with van der Waals surface area (Å²) in [7, 11) is 1.56. The zero-order valence-corrected chi connectivity index (χ0v) is 8.80. The number of carbonyl (C=O) groups is 2. The number of hydrogen-bond donors (Lipinski definition) is 0. The second-order valence-corrected chi connectivity index (χ2v) is 3.40. The molecule has 1 aromatic rings. The van der Waals surface area contributed by atoms with Crippen LogP contribution in [0.1, 0.15) is 0 Å². The van der Waals surface area contributed by atoms with Crippen molar-refractivity contribution in [3.63, 3.8) is 0 Å². The first kappa shape index (κ1) is 10.5. The van der Waals surface area contributed by atoms with Gasteiger partial charge in [-0.15, -0.1) is 0 Å². The fraction of sp³-hybridized carbons (Fsp3) is 0.273. The van der Waals surface area contributed by atoms with E-state index < -0.39 is 11.9 Å². The van der Waals surface area contributed by atoms with Gasteiger partial charge in [-0.3, -0.25) is 0 Å². The average Bonchev–Trinajstić information content (AvgIpc) is 2.28. The molecule has 0 unspecified atom stereocenters. The average molecular weight is 221 g/mol. The summed E-state index contributed by atoms with van der Waals surface area (Å²) in [6.07, 6.45) is 0. The number of ether oxygens (including phenoxy) is 2. The number of carbonyl (C=O) groups excluding carboxylic acids is 2. The summed E-state index contributed by atoms with van der Waals surface area (Å²) in [5.41, 5.74) is 0.768. The van der Waals surface area contributed by atoms with Crippen LogP contribution < -0.4 is 9.64 Å². The van der Waals surface area contributed by atoms with Gasteiger partial charge in [0.1, 0.15) is 18.8 Å². The van der Waals surface area contributed by atoms with Crippen LogP contribution >= 0.6 is 0 Å². The highest BCUT2D eigenvalue weighted by atomic mass is 16.6. The van der Waals surface area contributed by atoms with E-state index in [1.54, 1.807) is 30.2 Å². The van der Waals surface area contributed by atoms with E-state index in [-0.39, 0.29) is 13.1 Å². The first-order valence-electron chi connectivity index (χ1n) is 4.81. The molecular weight excluding hydrogens is 210 g/mol. The molecule has 16 heavy (non-hydrogen) atoms. The highest BCUT2D eigenvalue weighted by Crippen LogP contribution is 2.21. The first-order valence-corrected chi connectivity index (χ1v) is 4.81. The molecule has 0 saturated carbocycles. The number of hydrogen-bond acceptors (Lipinski definition) is 5. The predicted octanol–water partition coefficient (Wildman–Crippen LogP) is 0.585. The Balaban J connectivity index is 2.22. The van der Waals surface area contributed by atoms with E-state index in [2.05, 4.69) is 4.74 Å². The number of benzene rings is 1. The molecule has 0 amide bonds. The molecule has 84 valence electrons. The van der Waals surface area contributed by atoms with Gasteiger partial charge in [0.15, 0.2) is 0 Å². The van der Waals surface area contributed by atoms with Crippen molar-refractivity contribution in [2.45, 2.75) is 0 Å². The Morgan fingerprint density at radius 2 is 1.94 bits per heavy atom. The number of methoxy groups -OCH3 is 1. The van der Waals surface area contributed by atoms with Gasteiger partial charge in [-0.05, 0) is 12.1 Å². The Labute approximate surface area is 92.6 Å². The highest BCUT2D eigenvalue weighted by molar-refractivity contribution is 5.94. The molecule has 0 aromatic heterocycles. The third-order valence-electron chi connectivity index (χ3n) is 2.29. The van der Waals surface area contributed by atoms with Gasteiger partial charge in [-0.1, -0.05) is 6.07 Å². The van der Waals surface area contributed by atoms with Crippen LogP contribution in [0.15, 0.2) is 24.3 Å². The van der Waals surface area contributed by atoms with Gasteiger partial charge in [-0.25, -0.2) is 9.59 Å². The molecule has 0 bridgehead atoms. The number of nitrogens with zero attached hydrogens (tertiary/aromatic N) is 1. The van der Waals surface area contributed by atoms with Gasteiger partial charge < -0.3 is 14.4 Å². The van der Waals surface area contributed by atoms with Crippen molar-refractivity contribution in [1.82, 2.24) is 0 Å². The molecule has 1 fully saturated rings. The molecule has 5 heteroatoms. The van der Waals surface area contributed by atoms with Gasteiger partial charge in [0.05, 0.1) is 7.11 Å². The van der Waals surface area contributed by atoms with Crippen molar-refractivity contribution in [2.75, 3.05) is 25.1 Å². The summed E-state index contributed by atoms with van der Waals surface area (Å²) in [6, 6.07) is 7.19. The quantitative estimate of drug-likeness (QED) is 0.540. The van der Waals surface area contributed by atoms with Gasteiger partial charge in [0.2, 0.25) is 0 Å². The van der Waals surface area contributed by atoms with E-state index in [0.29, 0.717) is 5.75 Å². The summed E-state index contributed by atoms with van der Waals surface area (Å²) in [5, 5.41) is 0. The Kier molecular flexibility index (Phi) is 2.76. The van der Waals surface area contributed by atoms with Crippen LogP contribution in [0.25, 0.3) is 0 Å². The fourth-order valence-electron chi connectivity index (χ4n) is 1.55. The Bertz CT molecular complexity index is 414. The molecule has 2 rings (SSSR count). The lowest BCUT2D eigenvalue weighted by atomic mass is 10.2. The summed E-state index contributed by atoms with van der Waals surface area (Å²) in [4.78, 5) is 23.8. The maximum atomic E-state index is 11.1. The van der Waals surface area contributed by atoms with Crippen molar-refractivity contribution in [3.05, 3.63) is 24.3 Å². The van der Waals surface area contributed by atoms with Crippen molar-refractivity contribution >= 4 is 17.6 Å².